The molecule has 2 aromatic carbocycles. The Hall–Kier alpha value is -2.62. The number of nitrogens with one attached hydrogen (secondary N) is 1. The maximum absolute atomic E-state index is 12.6. The Morgan fingerprint density at radius 2 is 1.64 bits per heavy atom. The van der Waals surface area contributed by atoms with E-state index >= 15 is 0 Å². The number of anilines is 1. The predicted octanol–water partition coefficient (Wildman–Crippen LogP) is 3.14. The first kappa shape index (κ1) is 14.3. The molecule has 2 aromatic rings. The van der Waals surface area contributed by atoms with Crippen molar-refractivity contribution in [3.05, 3.63) is 65.7 Å². The molecule has 112 valence electrons. The number of methoxy groups -OCH3 is 1. The number of esters is 1. The molecule has 0 radical (unpaired) electrons. The summed E-state index contributed by atoms with van der Waals surface area (Å²) in [5.74, 6) is -0.384. The molecule has 0 atom stereocenters. The van der Waals surface area contributed by atoms with E-state index in [9.17, 15) is 9.59 Å². The van der Waals surface area contributed by atoms with Crippen LogP contribution in [0, 0.1) is 0 Å². The van der Waals surface area contributed by atoms with Crippen LogP contribution in [0.25, 0.3) is 0 Å². The molecule has 0 heterocycles. The van der Waals surface area contributed by atoms with Crippen molar-refractivity contribution in [1.82, 2.24) is 0 Å². The van der Waals surface area contributed by atoms with E-state index in [4.69, 9.17) is 0 Å². The van der Waals surface area contributed by atoms with Crippen LogP contribution in [0.3, 0.4) is 0 Å². The van der Waals surface area contributed by atoms with Crippen LogP contribution < -0.4 is 5.32 Å². The fourth-order valence-electron chi connectivity index (χ4n) is 2.59. The van der Waals surface area contributed by atoms with Crippen LogP contribution in [0.2, 0.25) is 0 Å². The topological polar surface area (TPSA) is 55.4 Å². The summed E-state index contributed by atoms with van der Waals surface area (Å²) < 4.78 is 4.65. The fourth-order valence-corrected chi connectivity index (χ4v) is 2.59. The van der Waals surface area contributed by atoms with Gasteiger partial charge in [0, 0.05) is 5.69 Å². The number of carbonyl (C=O) groups excluding carboxylic acids is 2. The van der Waals surface area contributed by atoms with Crippen molar-refractivity contribution >= 4 is 17.6 Å². The minimum Gasteiger partial charge on any atom is -0.465 e. The molecule has 1 aliphatic rings. The Kier molecular flexibility index (Phi) is 3.67. The van der Waals surface area contributed by atoms with Gasteiger partial charge in [0.2, 0.25) is 5.91 Å². The number of carbonyl (C=O) groups is 2. The molecule has 4 heteroatoms. The van der Waals surface area contributed by atoms with E-state index in [1.54, 1.807) is 24.3 Å². The Balaban J connectivity index is 1.74. The summed E-state index contributed by atoms with van der Waals surface area (Å²) in [6.07, 6.45) is 1.73. The van der Waals surface area contributed by atoms with Gasteiger partial charge in [-0.15, -0.1) is 0 Å². The second-order valence-electron chi connectivity index (χ2n) is 5.47. The second-order valence-corrected chi connectivity index (χ2v) is 5.47. The van der Waals surface area contributed by atoms with Gasteiger partial charge in [-0.05, 0) is 42.7 Å². The average molecular weight is 295 g/mol. The SMILES string of the molecule is COC(=O)c1ccc(NC(=O)C2(c3ccccc3)CC2)cc1. The molecule has 4 nitrogen and oxygen atoms in total. The van der Waals surface area contributed by atoms with E-state index in [0.717, 1.165) is 18.4 Å². The van der Waals surface area contributed by atoms with Crippen LogP contribution in [-0.4, -0.2) is 19.0 Å². The Bertz CT molecular complexity index is 688. The smallest absolute Gasteiger partial charge is 0.337 e. The van der Waals surface area contributed by atoms with Crippen molar-refractivity contribution in [3.8, 4) is 0 Å². The highest BCUT2D eigenvalue weighted by molar-refractivity contribution is 6.01. The highest BCUT2D eigenvalue weighted by atomic mass is 16.5. The lowest BCUT2D eigenvalue weighted by atomic mass is 9.95. The van der Waals surface area contributed by atoms with Gasteiger partial charge in [0.25, 0.3) is 0 Å². The molecule has 0 unspecified atom stereocenters. The van der Waals surface area contributed by atoms with Gasteiger partial charge >= 0.3 is 5.97 Å². The maximum Gasteiger partial charge on any atom is 0.337 e. The van der Waals surface area contributed by atoms with Crippen LogP contribution in [0.4, 0.5) is 5.69 Å². The molecule has 1 saturated carbocycles. The van der Waals surface area contributed by atoms with Gasteiger partial charge < -0.3 is 10.1 Å². The predicted molar refractivity (Wildman–Crippen MR) is 83.8 cm³/mol. The molecule has 0 aromatic heterocycles. The third kappa shape index (κ3) is 2.60. The van der Waals surface area contributed by atoms with Crippen LogP contribution in [0.5, 0.6) is 0 Å². The standard InChI is InChI=1S/C18H17NO3/c1-22-16(20)13-7-9-15(10-8-13)19-17(21)18(11-12-18)14-5-3-2-4-6-14/h2-10H,11-12H2,1H3,(H,19,21). The van der Waals surface area contributed by atoms with Gasteiger partial charge in [-0.2, -0.15) is 0 Å². The van der Waals surface area contributed by atoms with E-state index < -0.39 is 5.41 Å². The van der Waals surface area contributed by atoms with Crippen molar-refractivity contribution in [1.29, 1.82) is 0 Å². The zero-order valence-corrected chi connectivity index (χ0v) is 12.3. The molecule has 0 bridgehead atoms. The lowest BCUT2D eigenvalue weighted by Crippen LogP contribution is -2.27. The first-order valence-electron chi connectivity index (χ1n) is 7.21. The summed E-state index contributed by atoms with van der Waals surface area (Å²) in [6.45, 7) is 0. The molecule has 1 N–H and O–H groups in total. The summed E-state index contributed by atoms with van der Waals surface area (Å²) in [5.41, 5.74) is 1.80. The molecule has 3 rings (SSSR count). The van der Waals surface area contributed by atoms with Crippen molar-refractivity contribution in [2.24, 2.45) is 0 Å². The van der Waals surface area contributed by atoms with Gasteiger partial charge in [-0.1, -0.05) is 30.3 Å². The third-order valence-corrected chi connectivity index (χ3v) is 4.07. The quantitative estimate of drug-likeness (QED) is 0.882. The van der Waals surface area contributed by atoms with E-state index in [-0.39, 0.29) is 11.9 Å². The van der Waals surface area contributed by atoms with Crippen molar-refractivity contribution in [3.63, 3.8) is 0 Å². The minimum atomic E-state index is -0.401. The Labute approximate surface area is 129 Å². The first-order valence-corrected chi connectivity index (χ1v) is 7.21. The number of rotatable bonds is 4. The zero-order chi connectivity index (χ0) is 15.6. The molecule has 0 saturated heterocycles. The number of amides is 1. The van der Waals surface area contributed by atoms with Gasteiger partial charge in [0.15, 0.2) is 0 Å². The van der Waals surface area contributed by atoms with Crippen LogP contribution >= 0.6 is 0 Å². The molecular weight excluding hydrogens is 278 g/mol. The van der Waals surface area contributed by atoms with E-state index in [1.165, 1.54) is 7.11 Å². The number of ether oxygens (including phenoxy) is 1. The molecule has 22 heavy (non-hydrogen) atoms. The fraction of sp³-hybridized carbons (Fsp3) is 0.222. The van der Waals surface area contributed by atoms with Gasteiger partial charge in [-0.25, -0.2) is 4.79 Å². The molecule has 1 fully saturated rings. The van der Waals surface area contributed by atoms with Gasteiger partial charge in [0.1, 0.15) is 0 Å². The van der Waals surface area contributed by atoms with Crippen LogP contribution in [-0.2, 0) is 14.9 Å². The number of benzene rings is 2. The van der Waals surface area contributed by atoms with Gasteiger partial charge in [-0.3, -0.25) is 4.79 Å². The van der Waals surface area contributed by atoms with Crippen molar-refractivity contribution < 1.29 is 14.3 Å². The lowest BCUT2D eigenvalue weighted by molar-refractivity contribution is -0.118. The van der Waals surface area contributed by atoms with Crippen molar-refractivity contribution in [2.45, 2.75) is 18.3 Å². The van der Waals surface area contributed by atoms with Gasteiger partial charge in [0.05, 0.1) is 18.1 Å². The highest BCUT2D eigenvalue weighted by Crippen LogP contribution is 2.48. The monoisotopic (exact) mass is 295 g/mol. The molecule has 0 aliphatic heterocycles. The van der Waals surface area contributed by atoms with Crippen LogP contribution in [0.1, 0.15) is 28.8 Å². The molecule has 0 spiro atoms. The number of hydrogen-bond acceptors (Lipinski definition) is 3. The normalized spacial score (nSPS) is 15.0. The largest absolute Gasteiger partial charge is 0.465 e. The van der Waals surface area contributed by atoms with Crippen LogP contribution in [0.15, 0.2) is 54.6 Å². The summed E-state index contributed by atoms with van der Waals surface area (Å²) in [4.78, 5) is 24.0. The molecular formula is C18H17NO3. The summed E-state index contributed by atoms with van der Waals surface area (Å²) in [6, 6.07) is 16.5. The lowest BCUT2D eigenvalue weighted by Gasteiger charge is -2.15. The van der Waals surface area contributed by atoms with Crippen molar-refractivity contribution in [2.75, 3.05) is 12.4 Å². The summed E-state index contributed by atoms with van der Waals surface area (Å²) in [7, 11) is 1.34. The third-order valence-electron chi connectivity index (χ3n) is 4.07. The van der Waals surface area contributed by atoms with E-state index in [2.05, 4.69) is 10.1 Å². The average Bonchev–Trinajstić information content (AvgIpc) is 3.37. The zero-order valence-electron chi connectivity index (χ0n) is 12.3. The van der Waals surface area contributed by atoms with E-state index in [0.29, 0.717) is 11.3 Å². The highest BCUT2D eigenvalue weighted by Gasteiger charge is 2.51. The number of hydrogen-bond donors (Lipinski definition) is 1. The molecule has 1 amide bonds. The maximum atomic E-state index is 12.6. The first-order chi connectivity index (χ1) is 10.7. The summed E-state index contributed by atoms with van der Waals surface area (Å²) >= 11 is 0. The minimum absolute atomic E-state index is 0.00418. The Morgan fingerprint density at radius 3 is 2.18 bits per heavy atom. The second kappa shape index (κ2) is 5.64. The molecule has 1 aliphatic carbocycles. The van der Waals surface area contributed by atoms with E-state index in [1.807, 2.05) is 30.3 Å². The Morgan fingerprint density at radius 1 is 1.00 bits per heavy atom. The summed E-state index contributed by atoms with van der Waals surface area (Å²) in [5, 5.41) is 2.94.